The predicted molar refractivity (Wildman–Crippen MR) is 87.0 cm³/mol. The molecule has 1 atom stereocenters. The molecule has 6 heteroatoms. The summed E-state index contributed by atoms with van der Waals surface area (Å²) in [5, 5.41) is 4.64. The standard InChI is InChI=1S/C17H24N4O2/c1-3-21-11-13-9-20(10-14(12-23-2)17(13)19-21)16(22)7-6-15-5-4-8-18-15/h4-5,8,11,14,18H,3,6-7,9-10,12H2,1-2H3/t14-/m0/s1. The number of aromatic nitrogens is 3. The molecule has 0 spiro atoms. The van der Waals surface area contributed by atoms with Crippen LogP contribution in [0.4, 0.5) is 0 Å². The number of rotatable bonds is 6. The molecule has 2 aromatic heterocycles. The number of nitrogens with zero attached hydrogens (tertiary/aromatic N) is 3. The molecule has 0 saturated heterocycles. The van der Waals surface area contributed by atoms with Crippen molar-refractivity contribution in [3.8, 4) is 0 Å². The summed E-state index contributed by atoms with van der Waals surface area (Å²) in [6.07, 6.45) is 5.22. The summed E-state index contributed by atoms with van der Waals surface area (Å²) in [6, 6.07) is 3.97. The van der Waals surface area contributed by atoms with Crippen LogP contribution in [-0.4, -0.2) is 45.8 Å². The number of ether oxygens (including phenoxy) is 1. The molecule has 0 aromatic carbocycles. The van der Waals surface area contributed by atoms with Gasteiger partial charge >= 0.3 is 0 Å². The highest BCUT2D eigenvalue weighted by Gasteiger charge is 2.30. The Kier molecular flexibility index (Phi) is 4.81. The van der Waals surface area contributed by atoms with E-state index in [-0.39, 0.29) is 11.8 Å². The van der Waals surface area contributed by atoms with Crippen LogP contribution in [0.25, 0.3) is 0 Å². The number of hydrogen-bond donors (Lipinski definition) is 1. The Labute approximate surface area is 136 Å². The monoisotopic (exact) mass is 316 g/mol. The Bertz CT molecular complexity index is 648. The highest BCUT2D eigenvalue weighted by Crippen LogP contribution is 2.28. The topological polar surface area (TPSA) is 63.1 Å². The van der Waals surface area contributed by atoms with Gasteiger partial charge in [0.25, 0.3) is 0 Å². The second-order valence-corrected chi connectivity index (χ2v) is 6.02. The van der Waals surface area contributed by atoms with Gasteiger partial charge in [0.05, 0.1) is 12.3 Å². The van der Waals surface area contributed by atoms with Crippen molar-refractivity contribution in [3.63, 3.8) is 0 Å². The Hall–Kier alpha value is -2.08. The molecule has 2 aromatic rings. The normalized spacial score (nSPS) is 17.3. The lowest BCUT2D eigenvalue weighted by atomic mass is 9.97. The maximum Gasteiger partial charge on any atom is 0.223 e. The number of carbonyl (C=O) groups excluding carboxylic acids is 1. The van der Waals surface area contributed by atoms with Crippen molar-refractivity contribution in [2.24, 2.45) is 0 Å². The molecule has 124 valence electrons. The average molecular weight is 316 g/mol. The highest BCUT2D eigenvalue weighted by atomic mass is 16.5. The molecule has 0 radical (unpaired) electrons. The van der Waals surface area contributed by atoms with Crippen LogP contribution in [0, 0.1) is 0 Å². The van der Waals surface area contributed by atoms with E-state index in [1.807, 2.05) is 27.9 Å². The maximum absolute atomic E-state index is 12.6. The van der Waals surface area contributed by atoms with Gasteiger partial charge < -0.3 is 14.6 Å². The van der Waals surface area contributed by atoms with Gasteiger partial charge in [-0.15, -0.1) is 0 Å². The number of aryl methyl sites for hydroxylation is 2. The maximum atomic E-state index is 12.6. The summed E-state index contributed by atoms with van der Waals surface area (Å²) in [4.78, 5) is 17.7. The molecule has 3 heterocycles. The minimum absolute atomic E-state index is 0.158. The first-order valence-electron chi connectivity index (χ1n) is 8.16. The summed E-state index contributed by atoms with van der Waals surface area (Å²) in [7, 11) is 1.70. The summed E-state index contributed by atoms with van der Waals surface area (Å²) in [5.74, 6) is 0.349. The van der Waals surface area contributed by atoms with E-state index in [4.69, 9.17) is 4.74 Å². The van der Waals surface area contributed by atoms with E-state index in [9.17, 15) is 4.79 Å². The van der Waals surface area contributed by atoms with Gasteiger partial charge in [-0.05, 0) is 25.5 Å². The molecule has 3 rings (SSSR count). The summed E-state index contributed by atoms with van der Waals surface area (Å²) < 4.78 is 7.28. The Morgan fingerprint density at radius 2 is 2.39 bits per heavy atom. The van der Waals surface area contributed by atoms with Crippen LogP contribution >= 0.6 is 0 Å². The van der Waals surface area contributed by atoms with Gasteiger partial charge in [-0.1, -0.05) is 0 Å². The minimum atomic E-state index is 0.158. The zero-order valence-electron chi connectivity index (χ0n) is 13.8. The molecule has 0 bridgehead atoms. The van der Waals surface area contributed by atoms with Crippen molar-refractivity contribution in [3.05, 3.63) is 41.5 Å². The second-order valence-electron chi connectivity index (χ2n) is 6.02. The van der Waals surface area contributed by atoms with E-state index in [2.05, 4.69) is 23.2 Å². The molecule has 6 nitrogen and oxygen atoms in total. The van der Waals surface area contributed by atoms with Gasteiger partial charge in [0.15, 0.2) is 0 Å². The van der Waals surface area contributed by atoms with Crippen molar-refractivity contribution in [2.75, 3.05) is 20.3 Å². The number of hydrogen-bond acceptors (Lipinski definition) is 3. The quantitative estimate of drug-likeness (QED) is 0.886. The Morgan fingerprint density at radius 1 is 1.52 bits per heavy atom. The lowest BCUT2D eigenvalue weighted by Gasteiger charge is -2.31. The van der Waals surface area contributed by atoms with Crippen LogP contribution < -0.4 is 0 Å². The SMILES string of the molecule is CCn1cc2c(n1)[C@H](COC)CN(C(=O)CCc1ccc[nH]1)C2. The number of H-pyrrole nitrogens is 1. The predicted octanol–water partition coefficient (Wildman–Crippen LogP) is 1.94. The van der Waals surface area contributed by atoms with Gasteiger partial charge in [-0.2, -0.15) is 5.10 Å². The van der Waals surface area contributed by atoms with Crippen LogP contribution in [-0.2, 0) is 29.0 Å². The first-order valence-corrected chi connectivity index (χ1v) is 8.16. The molecule has 0 aliphatic carbocycles. The Balaban J connectivity index is 1.69. The molecule has 1 aliphatic heterocycles. The number of methoxy groups -OCH3 is 1. The number of fused-ring (bicyclic) bond motifs is 1. The van der Waals surface area contributed by atoms with Crippen molar-refractivity contribution >= 4 is 5.91 Å². The van der Waals surface area contributed by atoms with Crippen molar-refractivity contribution < 1.29 is 9.53 Å². The smallest absolute Gasteiger partial charge is 0.223 e. The molecule has 23 heavy (non-hydrogen) atoms. The average Bonchev–Trinajstić information content (AvgIpc) is 3.21. The minimum Gasteiger partial charge on any atom is -0.384 e. The van der Waals surface area contributed by atoms with Gasteiger partial charge in [-0.25, -0.2) is 0 Å². The van der Waals surface area contributed by atoms with Crippen LogP contribution in [0.2, 0.25) is 0 Å². The molecular formula is C17H24N4O2. The third-order valence-corrected chi connectivity index (χ3v) is 4.37. The summed E-state index contributed by atoms with van der Waals surface area (Å²) >= 11 is 0. The van der Waals surface area contributed by atoms with Crippen LogP contribution in [0.3, 0.4) is 0 Å². The lowest BCUT2D eigenvalue weighted by Crippen LogP contribution is -2.39. The fourth-order valence-electron chi connectivity index (χ4n) is 3.17. The third kappa shape index (κ3) is 3.47. The first-order chi connectivity index (χ1) is 11.2. The molecule has 1 N–H and O–H groups in total. The fourth-order valence-corrected chi connectivity index (χ4v) is 3.17. The molecule has 1 amide bonds. The second kappa shape index (κ2) is 7.00. The summed E-state index contributed by atoms with van der Waals surface area (Å²) in [5.41, 5.74) is 3.33. The largest absolute Gasteiger partial charge is 0.384 e. The molecule has 0 unspecified atom stereocenters. The zero-order valence-corrected chi connectivity index (χ0v) is 13.8. The molecule has 0 saturated carbocycles. The summed E-state index contributed by atoms with van der Waals surface area (Å²) in [6.45, 7) is 4.84. The third-order valence-electron chi connectivity index (χ3n) is 4.37. The van der Waals surface area contributed by atoms with E-state index >= 15 is 0 Å². The van der Waals surface area contributed by atoms with E-state index in [0.717, 1.165) is 29.9 Å². The van der Waals surface area contributed by atoms with E-state index in [0.29, 0.717) is 26.1 Å². The van der Waals surface area contributed by atoms with Gasteiger partial charge in [0, 0.05) is 62.7 Å². The van der Waals surface area contributed by atoms with Crippen LogP contribution in [0.5, 0.6) is 0 Å². The van der Waals surface area contributed by atoms with Gasteiger partial charge in [0.1, 0.15) is 0 Å². The van der Waals surface area contributed by atoms with Crippen LogP contribution in [0.1, 0.15) is 36.2 Å². The number of nitrogens with one attached hydrogen (secondary N) is 1. The first kappa shape index (κ1) is 15.8. The van der Waals surface area contributed by atoms with Crippen molar-refractivity contribution in [1.29, 1.82) is 0 Å². The van der Waals surface area contributed by atoms with Crippen LogP contribution in [0.15, 0.2) is 24.5 Å². The number of carbonyl (C=O) groups is 1. The number of aromatic amines is 1. The highest BCUT2D eigenvalue weighted by molar-refractivity contribution is 5.76. The lowest BCUT2D eigenvalue weighted by molar-refractivity contribution is -0.132. The van der Waals surface area contributed by atoms with Gasteiger partial charge in [0.2, 0.25) is 5.91 Å². The number of amides is 1. The zero-order chi connectivity index (χ0) is 16.2. The molecular weight excluding hydrogens is 292 g/mol. The van der Waals surface area contributed by atoms with Crippen molar-refractivity contribution in [1.82, 2.24) is 19.7 Å². The van der Waals surface area contributed by atoms with E-state index in [1.54, 1.807) is 7.11 Å². The van der Waals surface area contributed by atoms with Gasteiger partial charge in [-0.3, -0.25) is 9.48 Å². The van der Waals surface area contributed by atoms with Crippen molar-refractivity contribution in [2.45, 2.75) is 38.8 Å². The Morgan fingerprint density at radius 3 is 3.09 bits per heavy atom. The van der Waals surface area contributed by atoms with E-state index in [1.165, 1.54) is 0 Å². The fraction of sp³-hybridized carbons (Fsp3) is 0.529. The molecule has 0 fully saturated rings. The molecule has 1 aliphatic rings. The van der Waals surface area contributed by atoms with E-state index < -0.39 is 0 Å².